The van der Waals surface area contributed by atoms with E-state index in [9.17, 15) is 0 Å². The second-order valence-corrected chi connectivity index (χ2v) is 4.73. The lowest BCUT2D eigenvalue weighted by Gasteiger charge is -2.37. The zero-order chi connectivity index (χ0) is 9.80. The SMILES string of the molecule is CCN(C1CCCCC1)C1CCCN1. The lowest BCUT2D eigenvalue weighted by molar-refractivity contribution is 0.101. The summed E-state index contributed by atoms with van der Waals surface area (Å²) in [6.45, 7) is 4.77. The minimum Gasteiger partial charge on any atom is -0.302 e. The third-order valence-electron chi connectivity index (χ3n) is 3.84. The molecule has 2 nitrogen and oxygen atoms in total. The Morgan fingerprint density at radius 3 is 2.43 bits per heavy atom. The highest BCUT2D eigenvalue weighted by Gasteiger charge is 2.27. The summed E-state index contributed by atoms with van der Waals surface area (Å²) in [5.41, 5.74) is 0. The second kappa shape index (κ2) is 5.13. The van der Waals surface area contributed by atoms with E-state index in [1.165, 1.54) is 58.0 Å². The first-order valence-electron chi connectivity index (χ1n) is 6.41. The fraction of sp³-hybridized carbons (Fsp3) is 1.00. The van der Waals surface area contributed by atoms with Gasteiger partial charge < -0.3 is 5.32 Å². The Morgan fingerprint density at radius 1 is 1.07 bits per heavy atom. The highest BCUT2D eigenvalue weighted by molar-refractivity contribution is 4.82. The summed E-state index contributed by atoms with van der Waals surface area (Å²) >= 11 is 0. The van der Waals surface area contributed by atoms with E-state index in [1.54, 1.807) is 0 Å². The van der Waals surface area contributed by atoms with Gasteiger partial charge in [0.05, 0.1) is 6.17 Å². The van der Waals surface area contributed by atoms with Gasteiger partial charge in [-0.25, -0.2) is 0 Å². The van der Waals surface area contributed by atoms with Crippen molar-refractivity contribution in [1.29, 1.82) is 0 Å². The molecule has 1 saturated carbocycles. The van der Waals surface area contributed by atoms with Crippen LogP contribution in [-0.2, 0) is 0 Å². The number of nitrogens with zero attached hydrogens (tertiary/aromatic N) is 1. The average Bonchev–Trinajstić information content (AvgIpc) is 2.74. The maximum atomic E-state index is 3.63. The fourth-order valence-corrected chi connectivity index (χ4v) is 3.09. The van der Waals surface area contributed by atoms with Crippen molar-refractivity contribution < 1.29 is 0 Å². The first kappa shape index (κ1) is 10.4. The summed E-state index contributed by atoms with van der Waals surface area (Å²) in [6.07, 6.45) is 10.7. The first-order valence-corrected chi connectivity index (χ1v) is 6.41. The van der Waals surface area contributed by atoms with E-state index in [4.69, 9.17) is 0 Å². The Hall–Kier alpha value is -0.0800. The molecule has 2 fully saturated rings. The smallest absolute Gasteiger partial charge is 0.0599 e. The van der Waals surface area contributed by atoms with Gasteiger partial charge in [-0.1, -0.05) is 26.2 Å². The maximum Gasteiger partial charge on any atom is 0.0599 e. The zero-order valence-electron chi connectivity index (χ0n) is 9.47. The second-order valence-electron chi connectivity index (χ2n) is 4.73. The molecule has 0 amide bonds. The maximum absolute atomic E-state index is 3.63. The van der Waals surface area contributed by atoms with Gasteiger partial charge in [0.2, 0.25) is 0 Å². The van der Waals surface area contributed by atoms with Crippen LogP contribution in [0.3, 0.4) is 0 Å². The van der Waals surface area contributed by atoms with E-state index in [1.807, 2.05) is 0 Å². The van der Waals surface area contributed by atoms with Crippen LogP contribution >= 0.6 is 0 Å². The van der Waals surface area contributed by atoms with Crippen LogP contribution in [0.5, 0.6) is 0 Å². The van der Waals surface area contributed by atoms with Gasteiger partial charge in [0.25, 0.3) is 0 Å². The highest BCUT2D eigenvalue weighted by atomic mass is 15.3. The minimum atomic E-state index is 0.697. The van der Waals surface area contributed by atoms with Crippen LogP contribution in [-0.4, -0.2) is 30.2 Å². The van der Waals surface area contributed by atoms with Crippen LogP contribution < -0.4 is 5.32 Å². The number of rotatable bonds is 3. The number of hydrogen-bond donors (Lipinski definition) is 1. The summed E-state index contributed by atoms with van der Waals surface area (Å²) in [4.78, 5) is 2.71. The van der Waals surface area contributed by atoms with Gasteiger partial charge in [0, 0.05) is 6.04 Å². The fourth-order valence-electron chi connectivity index (χ4n) is 3.09. The van der Waals surface area contributed by atoms with Crippen molar-refractivity contribution in [2.45, 2.75) is 64.1 Å². The van der Waals surface area contributed by atoms with Crippen LogP contribution in [0.15, 0.2) is 0 Å². The van der Waals surface area contributed by atoms with Gasteiger partial charge in [-0.15, -0.1) is 0 Å². The van der Waals surface area contributed by atoms with Gasteiger partial charge in [-0.3, -0.25) is 4.90 Å². The summed E-state index contributed by atoms with van der Waals surface area (Å²) < 4.78 is 0. The minimum absolute atomic E-state index is 0.697. The third-order valence-corrected chi connectivity index (χ3v) is 3.84. The van der Waals surface area contributed by atoms with Gasteiger partial charge in [-0.05, 0) is 38.8 Å². The van der Waals surface area contributed by atoms with Crippen molar-refractivity contribution in [3.05, 3.63) is 0 Å². The van der Waals surface area contributed by atoms with Crippen molar-refractivity contribution in [3.63, 3.8) is 0 Å². The summed E-state index contributed by atoms with van der Waals surface area (Å²) in [7, 11) is 0. The Kier molecular flexibility index (Phi) is 3.82. The van der Waals surface area contributed by atoms with Crippen molar-refractivity contribution >= 4 is 0 Å². The predicted octanol–water partition coefficient (Wildman–Crippen LogP) is 2.35. The van der Waals surface area contributed by atoms with Gasteiger partial charge >= 0.3 is 0 Å². The average molecular weight is 196 g/mol. The molecule has 1 aliphatic heterocycles. The lowest BCUT2D eigenvalue weighted by atomic mass is 9.93. The van der Waals surface area contributed by atoms with Crippen LogP contribution in [0.1, 0.15) is 51.9 Å². The standard InChI is InChI=1S/C12H24N2/c1-2-14(12-9-6-10-13-12)11-7-4-3-5-8-11/h11-13H,2-10H2,1H3. The van der Waals surface area contributed by atoms with E-state index in [2.05, 4.69) is 17.1 Å². The number of hydrogen-bond acceptors (Lipinski definition) is 2. The molecule has 2 rings (SSSR count). The Balaban J connectivity index is 1.89. The van der Waals surface area contributed by atoms with Gasteiger partial charge in [0.15, 0.2) is 0 Å². The molecule has 0 aromatic heterocycles. The largest absolute Gasteiger partial charge is 0.302 e. The molecule has 0 aromatic carbocycles. The normalized spacial score (nSPS) is 30.0. The molecule has 1 saturated heterocycles. The van der Waals surface area contributed by atoms with Crippen molar-refractivity contribution in [2.24, 2.45) is 0 Å². The molecule has 2 heteroatoms. The lowest BCUT2D eigenvalue weighted by Crippen LogP contribution is -2.48. The molecule has 1 aliphatic carbocycles. The van der Waals surface area contributed by atoms with Crippen LogP contribution in [0.2, 0.25) is 0 Å². The molecule has 82 valence electrons. The Morgan fingerprint density at radius 2 is 1.86 bits per heavy atom. The van der Waals surface area contributed by atoms with E-state index >= 15 is 0 Å². The topological polar surface area (TPSA) is 15.3 Å². The van der Waals surface area contributed by atoms with Crippen LogP contribution in [0.25, 0.3) is 0 Å². The summed E-state index contributed by atoms with van der Waals surface area (Å²) in [5, 5.41) is 3.63. The molecular formula is C12H24N2. The highest BCUT2D eigenvalue weighted by Crippen LogP contribution is 2.25. The van der Waals surface area contributed by atoms with Crippen LogP contribution in [0, 0.1) is 0 Å². The van der Waals surface area contributed by atoms with E-state index < -0.39 is 0 Å². The van der Waals surface area contributed by atoms with Crippen molar-refractivity contribution in [1.82, 2.24) is 10.2 Å². The Labute approximate surface area is 88.1 Å². The molecule has 0 spiro atoms. The molecule has 0 bridgehead atoms. The third kappa shape index (κ3) is 2.29. The molecule has 1 heterocycles. The molecular weight excluding hydrogens is 172 g/mol. The molecule has 0 aromatic rings. The zero-order valence-corrected chi connectivity index (χ0v) is 9.47. The molecule has 1 atom stereocenters. The van der Waals surface area contributed by atoms with Crippen molar-refractivity contribution in [3.8, 4) is 0 Å². The van der Waals surface area contributed by atoms with Gasteiger partial charge in [-0.2, -0.15) is 0 Å². The molecule has 0 radical (unpaired) electrons. The first-order chi connectivity index (χ1) is 6.92. The Bertz CT molecular complexity index is 158. The molecule has 1 N–H and O–H groups in total. The van der Waals surface area contributed by atoms with Crippen LogP contribution in [0.4, 0.5) is 0 Å². The quantitative estimate of drug-likeness (QED) is 0.745. The molecule has 1 unspecified atom stereocenters. The van der Waals surface area contributed by atoms with E-state index in [0.29, 0.717) is 6.17 Å². The van der Waals surface area contributed by atoms with E-state index in [0.717, 1.165) is 6.04 Å². The monoisotopic (exact) mass is 196 g/mol. The van der Waals surface area contributed by atoms with E-state index in [-0.39, 0.29) is 0 Å². The van der Waals surface area contributed by atoms with Gasteiger partial charge in [0.1, 0.15) is 0 Å². The summed E-state index contributed by atoms with van der Waals surface area (Å²) in [6, 6.07) is 0.879. The van der Waals surface area contributed by atoms with Crippen molar-refractivity contribution in [2.75, 3.05) is 13.1 Å². The molecule has 14 heavy (non-hydrogen) atoms. The molecule has 2 aliphatic rings. The predicted molar refractivity (Wildman–Crippen MR) is 60.3 cm³/mol. The summed E-state index contributed by atoms with van der Waals surface area (Å²) in [5.74, 6) is 0. The number of nitrogens with one attached hydrogen (secondary N) is 1.